The van der Waals surface area contributed by atoms with Crippen LogP contribution in [0.15, 0.2) is 0 Å². The number of rotatable bonds is 8. The van der Waals surface area contributed by atoms with Crippen LogP contribution in [0.5, 0.6) is 0 Å². The third-order valence-corrected chi connectivity index (χ3v) is 18.2. The molecule has 0 aromatic heterocycles. The van der Waals surface area contributed by atoms with Crippen molar-refractivity contribution in [2.75, 3.05) is 13.2 Å². The van der Waals surface area contributed by atoms with Crippen LogP contribution in [0.2, 0.25) is 36.3 Å². The molecule has 0 unspecified atom stereocenters. The molecule has 0 aromatic carbocycles. The fourth-order valence-electron chi connectivity index (χ4n) is 2.48. The minimum absolute atomic E-state index is 0.0700. The van der Waals surface area contributed by atoms with E-state index in [1.165, 1.54) is 0 Å². The third-order valence-electron chi connectivity index (χ3n) is 6.91. The van der Waals surface area contributed by atoms with Gasteiger partial charge in [0.05, 0.1) is 3.23 Å². The van der Waals surface area contributed by atoms with Gasteiger partial charge in [0.1, 0.15) is 0 Å². The van der Waals surface area contributed by atoms with Gasteiger partial charge < -0.3 is 8.85 Å². The summed E-state index contributed by atoms with van der Waals surface area (Å²) in [6.07, 6.45) is 3.34. The molecule has 0 bridgehead atoms. The van der Waals surface area contributed by atoms with Gasteiger partial charge in [-0.3, -0.25) is 0 Å². The first-order chi connectivity index (χ1) is 10.9. The zero-order valence-electron chi connectivity index (χ0n) is 18.1. The number of halogens is 2. The average Bonchev–Trinajstić information content (AvgIpc) is 2.87. The lowest BCUT2D eigenvalue weighted by atomic mass is 9.99. The Kier molecular flexibility index (Phi) is 7.42. The van der Waals surface area contributed by atoms with Crippen molar-refractivity contribution >= 4 is 48.5 Å². The molecule has 1 fully saturated rings. The van der Waals surface area contributed by atoms with Gasteiger partial charge in [0.25, 0.3) is 0 Å². The summed E-state index contributed by atoms with van der Waals surface area (Å²) in [6.45, 7) is 24.9. The molecule has 0 amide bonds. The van der Waals surface area contributed by atoms with Gasteiger partial charge in [0, 0.05) is 18.6 Å². The zero-order chi connectivity index (χ0) is 19.9. The van der Waals surface area contributed by atoms with E-state index in [2.05, 4.69) is 99.6 Å². The molecule has 0 heterocycles. The second-order valence-corrected chi connectivity index (χ2v) is 24.3. The topological polar surface area (TPSA) is 18.5 Å². The summed E-state index contributed by atoms with van der Waals surface area (Å²) in [6, 6.07) is 0. The van der Waals surface area contributed by atoms with Gasteiger partial charge in [-0.15, -0.1) is 0 Å². The number of alkyl halides is 2. The second-order valence-electron chi connectivity index (χ2n) is 10.9. The van der Waals surface area contributed by atoms with Crippen LogP contribution in [0.3, 0.4) is 0 Å². The summed E-state index contributed by atoms with van der Waals surface area (Å²) < 4.78 is 12.9. The maximum atomic E-state index is 6.43. The molecule has 2 nitrogen and oxygen atoms in total. The molecule has 0 spiro atoms. The van der Waals surface area contributed by atoms with Crippen LogP contribution in [0.4, 0.5) is 0 Å². The predicted octanol–water partition coefficient (Wildman–Crippen LogP) is 7.69. The first kappa shape index (κ1) is 24.4. The van der Waals surface area contributed by atoms with E-state index >= 15 is 0 Å². The van der Waals surface area contributed by atoms with Gasteiger partial charge in [-0.05, 0) is 55.5 Å². The van der Waals surface area contributed by atoms with Crippen LogP contribution in [0, 0.1) is 5.41 Å². The Hall–Kier alpha value is 1.31. The van der Waals surface area contributed by atoms with E-state index in [0.29, 0.717) is 0 Å². The Bertz CT molecular complexity index is 431. The van der Waals surface area contributed by atoms with Crippen molar-refractivity contribution in [2.45, 2.75) is 100 Å². The van der Waals surface area contributed by atoms with E-state index in [4.69, 9.17) is 8.85 Å². The summed E-state index contributed by atoms with van der Waals surface area (Å²) in [5.41, 5.74) is 0.262. The quantitative estimate of drug-likeness (QED) is 0.243. The standard InChI is InChI=1S/C19H40Br2O2Si2/c1-16(2,3)24(7,8)22-13-11-18(15-19(18,20)21)12-14-23-25(9,10)17(4,5)6/h11-15H2,1-10H3. The van der Waals surface area contributed by atoms with Crippen LogP contribution < -0.4 is 0 Å². The van der Waals surface area contributed by atoms with Crippen molar-refractivity contribution in [1.82, 2.24) is 0 Å². The minimum atomic E-state index is -1.66. The molecule has 1 aliphatic carbocycles. The lowest BCUT2D eigenvalue weighted by Crippen LogP contribution is -2.42. The fraction of sp³-hybridized carbons (Fsp3) is 1.00. The van der Waals surface area contributed by atoms with Crippen LogP contribution in [-0.2, 0) is 8.85 Å². The fourth-order valence-corrected chi connectivity index (χ4v) is 6.44. The average molecular weight is 517 g/mol. The molecule has 1 rings (SSSR count). The lowest BCUT2D eigenvalue weighted by Gasteiger charge is -2.37. The van der Waals surface area contributed by atoms with Crippen molar-refractivity contribution in [3.05, 3.63) is 0 Å². The Morgan fingerprint density at radius 3 is 1.24 bits per heavy atom. The Labute approximate surface area is 175 Å². The molecule has 0 aliphatic heterocycles. The number of hydrogen-bond donors (Lipinski definition) is 0. The van der Waals surface area contributed by atoms with Gasteiger partial charge in [0.15, 0.2) is 16.6 Å². The summed E-state index contributed by atoms with van der Waals surface area (Å²) in [5.74, 6) is 0. The Balaban J connectivity index is 2.57. The van der Waals surface area contributed by atoms with Crippen molar-refractivity contribution in [1.29, 1.82) is 0 Å². The maximum Gasteiger partial charge on any atom is 0.191 e. The molecule has 1 saturated carbocycles. The first-order valence-corrected chi connectivity index (χ1v) is 16.9. The second kappa shape index (κ2) is 7.62. The number of hydrogen-bond acceptors (Lipinski definition) is 2. The first-order valence-electron chi connectivity index (χ1n) is 9.53. The van der Waals surface area contributed by atoms with Gasteiger partial charge in [-0.2, -0.15) is 0 Å². The van der Waals surface area contributed by atoms with Crippen molar-refractivity contribution in [3.8, 4) is 0 Å². The molecule has 6 heteroatoms. The van der Waals surface area contributed by atoms with Crippen LogP contribution in [0.1, 0.15) is 60.8 Å². The van der Waals surface area contributed by atoms with Gasteiger partial charge in [-0.1, -0.05) is 73.4 Å². The predicted molar refractivity (Wildman–Crippen MR) is 123 cm³/mol. The normalized spacial score (nSPS) is 20.6. The Morgan fingerprint density at radius 2 is 1.04 bits per heavy atom. The lowest BCUT2D eigenvalue weighted by molar-refractivity contribution is 0.207. The highest BCUT2D eigenvalue weighted by Crippen LogP contribution is 2.70. The SMILES string of the molecule is CC(C)(C)[Si](C)(C)OCCC1(CCO[Si](C)(C)C(C)(C)C)CC1(Br)Br. The minimum Gasteiger partial charge on any atom is -0.417 e. The molecule has 0 atom stereocenters. The van der Waals surface area contributed by atoms with Crippen molar-refractivity contribution in [3.63, 3.8) is 0 Å². The van der Waals surface area contributed by atoms with E-state index in [9.17, 15) is 0 Å². The smallest absolute Gasteiger partial charge is 0.191 e. The molecular formula is C19H40Br2O2Si2. The zero-order valence-corrected chi connectivity index (χ0v) is 23.3. The largest absolute Gasteiger partial charge is 0.417 e. The van der Waals surface area contributed by atoms with E-state index < -0.39 is 16.6 Å². The molecular weight excluding hydrogens is 476 g/mol. The van der Waals surface area contributed by atoms with Gasteiger partial charge >= 0.3 is 0 Å². The van der Waals surface area contributed by atoms with E-state index in [0.717, 1.165) is 32.5 Å². The van der Waals surface area contributed by atoms with Crippen molar-refractivity contribution in [2.24, 2.45) is 5.41 Å². The summed E-state index contributed by atoms with van der Waals surface area (Å²) in [5, 5.41) is 0.546. The summed E-state index contributed by atoms with van der Waals surface area (Å²) in [7, 11) is -3.33. The molecule has 25 heavy (non-hydrogen) atoms. The third kappa shape index (κ3) is 5.89. The van der Waals surface area contributed by atoms with Crippen molar-refractivity contribution < 1.29 is 8.85 Å². The highest BCUT2D eigenvalue weighted by molar-refractivity contribution is 9.25. The highest BCUT2D eigenvalue weighted by atomic mass is 79.9. The van der Waals surface area contributed by atoms with E-state index in [-0.39, 0.29) is 18.7 Å². The summed E-state index contributed by atoms with van der Waals surface area (Å²) >= 11 is 7.76. The monoisotopic (exact) mass is 514 g/mol. The maximum absolute atomic E-state index is 6.43. The molecule has 0 aromatic rings. The molecule has 0 radical (unpaired) electrons. The Morgan fingerprint density at radius 1 is 0.760 bits per heavy atom. The van der Waals surface area contributed by atoms with E-state index in [1.807, 2.05) is 0 Å². The highest BCUT2D eigenvalue weighted by Gasteiger charge is 2.64. The molecule has 1 aliphatic rings. The van der Waals surface area contributed by atoms with Crippen LogP contribution in [-0.4, -0.2) is 33.1 Å². The molecule has 0 saturated heterocycles. The van der Waals surface area contributed by atoms with Crippen LogP contribution >= 0.6 is 31.9 Å². The van der Waals surface area contributed by atoms with Gasteiger partial charge in [0.2, 0.25) is 0 Å². The van der Waals surface area contributed by atoms with E-state index in [1.54, 1.807) is 0 Å². The molecule has 150 valence electrons. The summed E-state index contributed by atoms with van der Waals surface area (Å²) in [4.78, 5) is 0. The van der Waals surface area contributed by atoms with Gasteiger partial charge in [-0.25, -0.2) is 0 Å². The molecule has 0 N–H and O–H groups in total. The van der Waals surface area contributed by atoms with Crippen LogP contribution in [0.25, 0.3) is 0 Å².